The largest absolute Gasteiger partial charge is 0.493 e. The van der Waals surface area contributed by atoms with Crippen LogP contribution in [0.4, 0.5) is 10.5 Å². The van der Waals surface area contributed by atoms with Crippen molar-refractivity contribution in [3.05, 3.63) is 45.9 Å². The smallest absolute Gasteiger partial charge is 0.335 e. The number of ether oxygens (including phenoxy) is 4. The van der Waals surface area contributed by atoms with Gasteiger partial charge in [0.1, 0.15) is 5.57 Å². The van der Waals surface area contributed by atoms with Crippen LogP contribution >= 0.6 is 15.9 Å². The molecule has 0 unspecified atom stereocenters. The van der Waals surface area contributed by atoms with Gasteiger partial charge < -0.3 is 24.7 Å². The predicted octanol–water partition coefficient (Wildman–Crippen LogP) is 3.18. The molecule has 0 aromatic heterocycles. The van der Waals surface area contributed by atoms with Gasteiger partial charge in [-0.15, -0.1) is 0 Å². The van der Waals surface area contributed by atoms with Crippen LogP contribution in [0.3, 0.4) is 0 Å². The summed E-state index contributed by atoms with van der Waals surface area (Å²) < 4.78 is 22.4. The first-order chi connectivity index (χ1) is 17.7. The maximum Gasteiger partial charge on any atom is 0.335 e. The average molecular weight is 576 g/mol. The Bertz CT molecular complexity index is 1260. The van der Waals surface area contributed by atoms with Crippen LogP contribution in [0.1, 0.15) is 25.8 Å². The number of carbonyl (C=O) groups is 4. The molecule has 2 aromatic carbocycles. The Hall–Kier alpha value is -4.06. The molecule has 0 radical (unpaired) electrons. The molecule has 12 heteroatoms. The summed E-state index contributed by atoms with van der Waals surface area (Å²) in [5.74, 6) is -1.09. The standard InChI is InChI=1S/C25H26BrN3O8/c1-4-8-36-18-7-6-15(12-19(18)35-5-2)29-24(32)16(23(31)28-25(29)33)9-14-10-17(26)22(20(11-14)34-3)37-13-21(27)30/h6-7,9-12H,4-5,8,13H2,1-3H3,(H2,27,30)(H,28,31,33)/b16-9+. The quantitative estimate of drug-likeness (QED) is 0.307. The molecule has 196 valence electrons. The molecule has 1 fully saturated rings. The number of urea groups is 1. The number of carbonyl (C=O) groups excluding carboxylic acids is 4. The second-order valence-electron chi connectivity index (χ2n) is 7.66. The molecule has 1 saturated heterocycles. The first-order valence-corrected chi connectivity index (χ1v) is 12.1. The third-order valence-electron chi connectivity index (χ3n) is 4.97. The molecule has 0 saturated carbocycles. The summed E-state index contributed by atoms with van der Waals surface area (Å²) in [5, 5.41) is 2.18. The van der Waals surface area contributed by atoms with Crippen LogP contribution in [0, 0.1) is 0 Å². The predicted molar refractivity (Wildman–Crippen MR) is 138 cm³/mol. The highest BCUT2D eigenvalue weighted by atomic mass is 79.9. The van der Waals surface area contributed by atoms with Crippen LogP contribution in [0.5, 0.6) is 23.0 Å². The Labute approximate surface area is 221 Å². The number of methoxy groups -OCH3 is 1. The van der Waals surface area contributed by atoms with E-state index in [0.717, 1.165) is 11.3 Å². The number of halogens is 1. The minimum atomic E-state index is -0.897. The average Bonchev–Trinajstić information content (AvgIpc) is 2.85. The Morgan fingerprint density at radius 2 is 1.81 bits per heavy atom. The van der Waals surface area contributed by atoms with E-state index in [-0.39, 0.29) is 29.4 Å². The molecule has 3 N–H and O–H groups in total. The van der Waals surface area contributed by atoms with E-state index in [9.17, 15) is 19.2 Å². The lowest BCUT2D eigenvalue weighted by Crippen LogP contribution is -2.54. The summed E-state index contributed by atoms with van der Waals surface area (Å²) in [6, 6.07) is 6.80. The molecule has 0 bridgehead atoms. The number of rotatable bonds is 11. The van der Waals surface area contributed by atoms with Crippen molar-refractivity contribution in [2.45, 2.75) is 20.3 Å². The zero-order valence-corrected chi connectivity index (χ0v) is 22.0. The summed E-state index contributed by atoms with van der Waals surface area (Å²) in [4.78, 5) is 50.5. The molecule has 0 atom stereocenters. The number of imide groups is 2. The molecule has 5 amide bonds. The summed E-state index contributed by atoms with van der Waals surface area (Å²) >= 11 is 3.33. The SMILES string of the molecule is CCCOc1ccc(N2C(=O)NC(=O)/C(=C\c3cc(Br)c(OCC(N)=O)c(OC)c3)C2=O)cc1OCC. The third-order valence-corrected chi connectivity index (χ3v) is 5.56. The van der Waals surface area contributed by atoms with Crippen LogP contribution in [-0.4, -0.2) is 50.7 Å². The number of nitrogens with zero attached hydrogens (tertiary/aromatic N) is 1. The van der Waals surface area contributed by atoms with E-state index in [4.69, 9.17) is 24.7 Å². The second-order valence-corrected chi connectivity index (χ2v) is 8.51. The number of barbiturate groups is 1. The van der Waals surface area contributed by atoms with Crippen LogP contribution in [0.25, 0.3) is 6.08 Å². The number of nitrogens with two attached hydrogens (primary N) is 1. The highest BCUT2D eigenvalue weighted by molar-refractivity contribution is 9.10. The van der Waals surface area contributed by atoms with E-state index in [1.807, 2.05) is 6.92 Å². The van der Waals surface area contributed by atoms with Gasteiger partial charge >= 0.3 is 6.03 Å². The van der Waals surface area contributed by atoms with Gasteiger partial charge in [-0.25, -0.2) is 9.69 Å². The van der Waals surface area contributed by atoms with Gasteiger partial charge in [0.25, 0.3) is 17.7 Å². The molecule has 2 aromatic rings. The molecular weight excluding hydrogens is 550 g/mol. The summed E-state index contributed by atoms with van der Waals surface area (Å²) in [7, 11) is 1.39. The molecule has 1 aliphatic heterocycles. The van der Waals surface area contributed by atoms with E-state index >= 15 is 0 Å². The monoisotopic (exact) mass is 575 g/mol. The van der Waals surface area contributed by atoms with Gasteiger partial charge in [0, 0.05) is 6.07 Å². The minimum Gasteiger partial charge on any atom is -0.493 e. The van der Waals surface area contributed by atoms with Gasteiger partial charge in [0.05, 0.1) is 30.5 Å². The third kappa shape index (κ3) is 6.39. The van der Waals surface area contributed by atoms with Gasteiger partial charge in [-0.3, -0.25) is 19.7 Å². The fourth-order valence-electron chi connectivity index (χ4n) is 3.40. The van der Waals surface area contributed by atoms with Gasteiger partial charge in [-0.05, 0) is 65.2 Å². The van der Waals surface area contributed by atoms with Gasteiger partial charge in [0.2, 0.25) is 0 Å². The van der Waals surface area contributed by atoms with Crippen LogP contribution in [-0.2, 0) is 14.4 Å². The van der Waals surface area contributed by atoms with Gasteiger partial charge in [-0.2, -0.15) is 0 Å². The van der Waals surface area contributed by atoms with Crippen molar-refractivity contribution >= 4 is 51.4 Å². The first kappa shape index (κ1) is 27.5. The van der Waals surface area contributed by atoms with E-state index < -0.39 is 23.8 Å². The van der Waals surface area contributed by atoms with Gasteiger partial charge in [0.15, 0.2) is 29.6 Å². The number of primary amides is 1. The number of amides is 5. The minimum absolute atomic E-state index is 0.196. The van der Waals surface area contributed by atoms with Crippen molar-refractivity contribution in [2.75, 3.05) is 31.8 Å². The number of anilines is 1. The van der Waals surface area contributed by atoms with Crippen molar-refractivity contribution in [2.24, 2.45) is 5.73 Å². The van der Waals surface area contributed by atoms with Crippen LogP contribution in [0.2, 0.25) is 0 Å². The fourth-order valence-corrected chi connectivity index (χ4v) is 3.97. The Morgan fingerprint density at radius 1 is 1.05 bits per heavy atom. The van der Waals surface area contributed by atoms with Crippen molar-refractivity contribution in [3.63, 3.8) is 0 Å². The highest BCUT2D eigenvalue weighted by Gasteiger charge is 2.37. The lowest BCUT2D eigenvalue weighted by atomic mass is 10.1. The second kappa shape index (κ2) is 12.3. The Balaban J connectivity index is 1.99. The van der Waals surface area contributed by atoms with Crippen molar-refractivity contribution in [1.29, 1.82) is 0 Å². The topological polar surface area (TPSA) is 146 Å². The maximum absolute atomic E-state index is 13.3. The van der Waals surface area contributed by atoms with E-state index in [1.165, 1.54) is 31.4 Å². The lowest BCUT2D eigenvalue weighted by Gasteiger charge is -2.27. The molecule has 1 aliphatic rings. The molecule has 1 heterocycles. The molecule has 0 aliphatic carbocycles. The molecule has 37 heavy (non-hydrogen) atoms. The van der Waals surface area contributed by atoms with E-state index in [0.29, 0.717) is 34.7 Å². The highest BCUT2D eigenvalue weighted by Crippen LogP contribution is 2.38. The lowest BCUT2D eigenvalue weighted by molar-refractivity contribution is -0.123. The number of hydrogen-bond acceptors (Lipinski definition) is 8. The molecule has 0 spiro atoms. The van der Waals surface area contributed by atoms with Crippen molar-refractivity contribution in [3.8, 4) is 23.0 Å². The van der Waals surface area contributed by atoms with Crippen molar-refractivity contribution < 1.29 is 38.1 Å². The van der Waals surface area contributed by atoms with Crippen LogP contribution < -0.4 is 34.9 Å². The zero-order chi connectivity index (χ0) is 27.1. The summed E-state index contributed by atoms with van der Waals surface area (Å²) in [6.07, 6.45) is 2.10. The van der Waals surface area contributed by atoms with E-state index in [2.05, 4.69) is 21.2 Å². The molecule has 11 nitrogen and oxygen atoms in total. The van der Waals surface area contributed by atoms with Crippen LogP contribution in [0.15, 0.2) is 40.4 Å². The van der Waals surface area contributed by atoms with Crippen molar-refractivity contribution in [1.82, 2.24) is 5.32 Å². The first-order valence-electron chi connectivity index (χ1n) is 11.3. The summed E-state index contributed by atoms with van der Waals surface area (Å²) in [6.45, 7) is 4.19. The molecule has 3 rings (SSSR count). The zero-order valence-electron chi connectivity index (χ0n) is 20.5. The number of hydrogen-bond donors (Lipinski definition) is 2. The molecular formula is C25H26BrN3O8. The van der Waals surface area contributed by atoms with E-state index in [1.54, 1.807) is 19.1 Å². The number of nitrogens with one attached hydrogen (secondary N) is 1. The summed E-state index contributed by atoms with van der Waals surface area (Å²) in [5.41, 5.74) is 5.43. The van der Waals surface area contributed by atoms with Gasteiger partial charge in [-0.1, -0.05) is 6.92 Å². The normalized spacial score (nSPS) is 14.4. The Morgan fingerprint density at radius 3 is 2.46 bits per heavy atom. The number of benzene rings is 2. The Kier molecular flexibility index (Phi) is 9.12. The maximum atomic E-state index is 13.3. The fraction of sp³-hybridized carbons (Fsp3) is 0.280.